The molecule has 0 atom stereocenters. The predicted molar refractivity (Wildman–Crippen MR) is 92.9 cm³/mol. The smallest absolute Gasteiger partial charge is 0.231 e. The molecule has 0 amide bonds. The lowest BCUT2D eigenvalue weighted by Crippen LogP contribution is -2.08. The van der Waals surface area contributed by atoms with Crippen LogP contribution in [0.15, 0.2) is 41.7 Å². The second-order valence-corrected chi connectivity index (χ2v) is 6.03. The van der Waals surface area contributed by atoms with Gasteiger partial charge in [0.2, 0.25) is 5.88 Å². The third kappa shape index (κ3) is 2.50. The van der Waals surface area contributed by atoms with E-state index in [1.54, 1.807) is 7.11 Å². The Morgan fingerprint density at radius 1 is 1.21 bits per heavy atom. The van der Waals surface area contributed by atoms with Crippen LogP contribution in [0, 0.1) is 0 Å². The van der Waals surface area contributed by atoms with E-state index < -0.39 is 0 Å². The Hall–Kier alpha value is -2.56. The van der Waals surface area contributed by atoms with Crippen molar-refractivity contribution in [3.05, 3.63) is 53.1 Å². The van der Waals surface area contributed by atoms with E-state index in [1.165, 1.54) is 11.1 Å². The number of aryl methyl sites for hydroxylation is 1. The molecule has 0 bridgehead atoms. The van der Waals surface area contributed by atoms with Gasteiger partial charge in [-0.2, -0.15) is 0 Å². The van der Waals surface area contributed by atoms with Crippen molar-refractivity contribution in [1.29, 1.82) is 0 Å². The summed E-state index contributed by atoms with van der Waals surface area (Å²) in [4.78, 5) is 4.82. The van der Waals surface area contributed by atoms with Gasteiger partial charge in [0.25, 0.3) is 0 Å². The second kappa shape index (κ2) is 6.15. The third-order valence-corrected chi connectivity index (χ3v) is 4.43. The van der Waals surface area contributed by atoms with Gasteiger partial charge < -0.3 is 9.47 Å². The van der Waals surface area contributed by atoms with Gasteiger partial charge >= 0.3 is 0 Å². The number of methoxy groups -OCH3 is 1. The first-order chi connectivity index (χ1) is 11.8. The summed E-state index contributed by atoms with van der Waals surface area (Å²) in [6.07, 6.45) is 10.2. The molecule has 0 aromatic carbocycles. The first kappa shape index (κ1) is 15.0. The van der Waals surface area contributed by atoms with Crippen LogP contribution in [0.4, 0.5) is 0 Å². The number of hydrogen-bond acceptors (Lipinski definition) is 4. The van der Waals surface area contributed by atoms with Crippen LogP contribution in [0.3, 0.4) is 0 Å². The highest BCUT2D eigenvalue weighted by Gasteiger charge is 2.25. The number of fused-ring (bicyclic) bond motifs is 5. The van der Waals surface area contributed by atoms with Gasteiger partial charge in [0.1, 0.15) is 5.76 Å². The van der Waals surface area contributed by atoms with Crippen molar-refractivity contribution in [3.63, 3.8) is 0 Å². The van der Waals surface area contributed by atoms with Crippen molar-refractivity contribution >= 4 is 11.2 Å². The van der Waals surface area contributed by atoms with Gasteiger partial charge in [-0.05, 0) is 49.5 Å². The zero-order valence-electron chi connectivity index (χ0n) is 14.1. The molecule has 2 heterocycles. The molecule has 124 valence electrons. The Morgan fingerprint density at radius 3 is 2.96 bits per heavy atom. The molecule has 0 spiro atoms. The second-order valence-electron chi connectivity index (χ2n) is 6.03. The van der Waals surface area contributed by atoms with Gasteiger partial charge in [0.15, 0.2) is 5.65 Å². The summed E-state index contributed by atoms with van der Waals surface area (Å²) in [6.45, 7) is 2.77. The Bertz CT molecular complexity index is 874. The van der Waals surface area contributed by atoms with Crippen molar-refractivity contribution in [2.45, 2.75) is 32.6 Å². The van der Waals surface area contributed by atoms with Crippen LogP contribution >= 0.6 is 0 Å². The van der Waals surface area contributed by atoms with Crippen LogP contribution < -0.4 is 4.74 Å². The molecule has 4 rings (SSSR count). The summed E-state index contributed by atoms with van der Waals surface area (Å²) in [6, 6.07) is 3.88. The minimum atomic E-state index is 0.657. The van der Waals surface area contributed by atoms with Crippen LogP contribution in [0.2, 0.25) is 0 Å². The largest absolute Gasteiger partial charge is 0.497 e. The Balaban J connectivity index is 1.78. The number of hydrogen-bond donors (Lipinski definition) is 0. The molecule has 0 saturated heterocycles. The zero-order valence-corrected chi connectivity index (χ0v) is 14.1. The number of imidazole rings is 1. The average molecular weight is 323 g/mol. The molecule has 0 fully saturated rings. The third-order valence-electron chi connectivity index (χ3n) is 4.43. The van der Waals surface area contributed by atoms with Crippen LogP contribution in [-0.2, 0) is 11.2 Å². The number of rotatable bonds is 4. The quantitative estimate of drug-likeness (QED) is 0.860. The highest BCUT2D eigenvalue weighted by Crippen LogP contribution is 2.37. The maximum absolute atomic E-state index is 5.67. The Kier molecular flexibility index (Phi) is 3.84. The van der Waals surface area contributed by atoms with E-state index in [4.69, 9.17) is 14.5 Å². The fraction of sp³-hybridized carbons (Fsp3) is 0.368. The molecule has 2 aliphatic carbocycles. The standard InChI is InChI=1S/C19H21N3O2/c1-3-11-24-18-10-9-17-20-19-15-6-4-5-14(23-2)12-13(15)7-8-16(19)22(17)21-18/h5-6,9-10,12H,3-4,7-8,11H2,1-2H3. The molecule has 24 heavy (non-hydrogen) atoms. The summed E-state index contributed by atoms with van der Waals surface area (Å²) >= 11 is 0. The first-order valence-corrected chi connectivity index (χ1v) is 8.47. The number of aromatic nitrogens is 3. The summed E-state index contributed by atoms with van der Waals surface area (Å²) in [5, 5.41) is 4.63. The van der Waals surface area contributed by atoms with Crippen LogP contribution in [0.25, 0.3) is 11.2 Å². The van der Waals surface area contributed by atoms with E-state index in [0.717, 1.165) is 48.5 Å². The van der Waals surface area contributed by atoms with Crippen molar-refractivity contribution < 1.29 is 9.47 Å². The van der Waals surface area contributed by atoms with Gasteiger partial charge in [-0.15, -0.1) is 5.10 Å². The molecular formula is C19H21N3O2. The fourth-order valence-electron chi connectivity index (χ4n) is 3.27. The molecule has 0 radical (unpaired) electrons. The molecule has 5 heteroatoms. The van der Waals surface area contributed by atoms with E-state index >= 15 is 0 Å². The Morgan fingerprint density at radius 2 is 2.12 bits per heavy atom. The highest BCUT2D eigenvalue weighted by atomic mass is 16.5. The topological polar surface area (TPSA) is 48.7 Å². The molecule has 0 aliphatic heterocycles. The van der Waals surface area contributed by atoms with Crippen molar-refractivity contribution in [3.8, 4) is 5.88 Å². The maximum atomic E-state index is 5.67. The molecule has 2 aromatic heterocycles. The average Bonchev–Trinajstić information content (AvgIpc) is 2.83. The number of allylic oxidation sites excluding steroid dienone is 5. The SMILES string of the molecule is CCCOc1ccc2nc3c(n2n1)CCC1=CC(OC)=CCC=C13. The molecule has 5 nitrogen and oxygen atoms in total. The van der Waals surface area contributed by atoms with E-state index in [-0.39, 0.29) is 0 Å². The minimum Gasteiger partial charge on any atom is -0.497 e. The van der Waals surface area contributed by atoms with Crippen LogP contribution in [0.5, 0.6) is 5.88 Å². The van der Waals surface area contributed by atoms with Gasteiger partial charge in [0.05, 0.1) is 25.1 Å². The zero-order chi connectivity index (χ0) is 16.5. The lowest BCUT2D eigenvalue weighted by molar-refractivity contribution is 0.300. The summed E-state index contributed by atoms with van der Waals surface area (Å²) in [7, 11) is 1.72. The summed E-state index contributed by atoms with van der Waals surface area (Å²) < 4.78 is 13.0. The minimum absolute atomic E-state index is 0.657. The van der Waals surface area contributed by atoms with Crippen LogP contribution in [-0.4, -0.2) is 28.3 Å². The lowest BCUT2D eigenvalue weighted by Gasteiger charge is -2.17. The summed E-state index contributed by atoms with van der Waals surface area (Å²) in [5.74, 6) is 1.58. The monoisotopic (exact) mass is 323 g/mol. The Labute approximate surface area is 141 Å². The molecule has 2 aromatic rings. The number of ether oxygens (including phenoxy) is 2. The van der Waals surface area contributed by atoms with E-state index in [1.807, 2.05) is 16.6 Å². The van der Waals surface area contributed by atoms with Gasteiger partial charge in [-0.3, -0.25) is 0 Å². The van der Waals surface area contributed by atoms with Crippen LogP contribution in [0.1, 0.15) is 37.6 Å². The van der Waals surface area contributed by atoms with Gasteiger partial charge in [-0.25, -0.2) is 9.50 Å². The molecule has 0 unspecified atom stereocenters. The normalized spacial score (nSPS) is 16.5. The van der Waals surface area contributed by atoms with E-state index in [9.17, 15) is 0 Å². The van der Waals surface area contributed by atoms with Crippen molar-refractivity contribution in [2.24, 2.45) is 0 Å². The summed E-state index contributed by atoms with van der Waals surface area (Å²) in [5.41, 5.74) is 5.57. The van der Waals surface area contributed by atoms with Crippen molar-refractivity contribution in [1.82, 2.24) is 14.6 Å². The molecular weight excluding hydrogens is 302 g/mol. The maximum Gasteiger partial charge on any atom is 0.231 e. The molecule has 0 N–H and O–H groups in total. The number of nitrogens with zero attached hydrogens (tertiary/aromatic N) is 3. The van der Waals surface area contributed by atoms with Gasteiger partial charge in [0, 0.05) is 11.6 Å². The van der Waals surface area contributed by atoms with E-state index in [2.05, 4.69) is 30.3 Å². The van der Waals surface area contributed by atoms with Crippen molar-refractivity contribution in [2.75, 3.05) is 13.7 Å². The highest BCUT2D eigenvalue weighted by molar-refractivity contribution is 5.82. The first-order valence-electron chi connectivity index (χ1n) is 8.47. The lowest BCUT2D eigenvalue weighted by atomic mass is 9.90. The van der Waals surface area contributed by atoms with E-state index in [0.29, 0.717) is 12.5 Å². The van der Waals surface area contributed by atoms with Gasteiger partial charge in [-0.1, -0.05) is 13.0 Å². The molecule has 0 saturated carbocycles. The predicted octanol–water partition coefficient (Wildman–Crippen LogP) is 3.71. The molecule has 2 aliphatic rings. The fourth-order valence-corrected chi connectivity index (χ4v) is 3.27.